The Balaban J connectivity index is 1.47. The largest absolute Gasteiger partial charge is 0.417 e. The van der Waals surface area contributed by atoms with Crippen molar-refractivity contribution >= 4 is 17.0 Å². The zero-order valence-electron chi connectivity index (χ0n) is 16.6. The first-order valence-electron chi connectivity index (χ1n) is 9.69. The number of pyridine rings is 1. The summed E-state index contributed by atoms with van der Waals surface area (Å²) in [5.74, 6) is -0.462. The van der Waals surface area contributed by atoms with Crippen molar-refractivity contribution in [3.05, 3.63) is 35.7 Å². The van der Waals surface area contributed by atoms with Crippen molar-refractivity contribution in [1.29, 1.82) is 0 Å². The number of amides is 1. The molecule has 4 heterocycles. The van der Waals surface area contributed by atoms with Crippen molar-refractivity contribution in [1.82, 2.24) is 29.8 Å². The summed E-state index contributed by atoms with van der Waals surface area (Å²) in [4.78, 5) is 22.6. The third-order valence-electron chi connectivity index (χ3n) is 5.52. The second-order valence-corrected chi connectivity index (χ2v) is 7.66. The highest BCUT2D eigenvalue weighted by Crippen LogP contribution is 2.38. The Morgan fingerprint density at radius 1 is 1.33 bits per heavy atom. The predicted octanol–water partition coefficient (Wildman–Crippen LogP) is 3.18. The number of alkyl halides is 3. The third kappa shape index (κ3) is 3.88. The molecule has 0 saturated carbocycles. The maximum absolute atomic E-state index is 13.6. The molecule has 1 aliphatic heterocycles. The molecule has 0 radical (unpaired) electrons. The molecule has 4 rings (SSSR count). The van der Waals surface area contributed by atoms with Crippen LogP contribution in [0.5, 0.6) is 0 Å². The Morgan fingerprint density at radius 3 is 2.70 bits per heavy atom. The van der Waals surface area contributed by atoms with Crippen LogP contribution in [0.25, 0.3) is 11.1 Å². The number of carbonyl (C=O) groups is 1. The summed E-state index contributed by atoms with van der Waals surface area (Å²) in [6.45, 7) is 4.64. The van der Waals surface area contributed by atoms with E-state index in [0.717, 1.165) is 6.07 Å². The highest BCUT2D eigenvalue weighted by molar-refractivity contribution is 5.81. The zero-order chi connectivity index (χ0) is 21.5. The minimum atomic E-state index is -4.53. The molecule has 1 amide bonds. The average Bonchev–Trinajstić information content (AvgIpc) is 3.36. The quantitative estimate of drug-likeness (QED) is 0.642. The molecule has 0 aliphatic carbocycles. The van der Waals surface area contributed by atoms with Gasteiger partial charge in [0.2, 0.25) is 5.91 Å². The molecule has 1 fully saturated rings. The van der Waals surface area contributed by atoms with Crippen LogP contribution in [0.1, 0.15) is 42.6 Å². The molecule has 1 unspecified atom stereocenters. The van der Waals surface area contributed by atoms with Crippen molar-refractivity contribution in [2.75, 3.05) is 13.1 Å². The van der Waals surface area contributed by atoms with Gasteiger partial charge in [-0.2, -0.15) is 18.3 Å². The van der Waals surface area contributed by atoms with Gasteiger partial charge >= 0.3 is 6.18 Å². The number of hydrogen-bond acceptors (Lipinski definition) is 6. The topological polar surface area (TPSA) is 89.9 Å². The molecule has 3 aromatic rings. The standard InChI is InChI=1S/C19H21F3N6O2/c1-11(8-28-10-23-9-24-28)18(29)27-5-3-13(4-6-27)15-7-14(19(20,21)22)16-12(2)26-30-17(16)25-15/h7,9-11,13H,3-6,8H2,1-2H3. The Labute approximate surface area is 170 Å². The van der Waals surface area contributed by atoms with Crippen LogP contribution in [-0.2, 0) is 17.5 Å². The van der Waals surface area contributed by atoms with Gasteiger partial charge in [0.25, 0.3) is 5.71 Å². The van der Waals surface area contributed by atoms with Crippen LogP contribution in [0.4, 0.5) is 13.2 Å². The summed E-state index contributed by atoms with van der Waals surface area (Å²) in [5, 5.41) is 7.55. The van der Waals surface area contributed by atoms with E-state index >= 15 is 0 Å². The van der Waals surface area contributed by atoms with E-state index in [1.54, 1.807) is 15.9 Å². The molecule has 3 aromatic heterocycles. The van der Waals surface area contributed by atoms with E-state index in [1.807, 2.05) is 6.92 Å². The fraction of sp³-hybridized carbons (Fsp3) is 0.526. The monoisotopic (exact) mass is 422 g/mol. The summed E-state index contributed by atoms with van der Waals surface area (Å²) in [6, 6.07) is 1.10. The highest BCUT2D eigenvalue weighted by atomic mass is 19.4. The van der Waals surface area contributed by atoms with Gasteiger partial charge in [-0.25, -0.2) is 9.97 Å². The SMILES string of the molecule is Cc1noc2nc(C3CCN(C(=O)C(C)Cn4cncn4)CC3)cc(C(F)(F)F)c12. The predicted molar refractivity (Wildman–Crippen MR) is 99.3 cm³/mol. The Kier molecular flexibility index (Phi) is 5.20. The number of halogens is 3. The number of piperidine rings is 1. The lowest BCUT2D eigenvalue weighted by molar-refractivity contribution is -0.136. The molecule has 0 aromatic carbocycles. The lowest BCUT2D eigenvalue weighted by atomic mass is 9.91. The molecule has 11 heteroatoms. The van der Waals surface area contributed by atoms with Crippen molar-refractivity contribution in [2.45, 2.75) is 45.3 Å². The lowest BCUT2D eigenvalue weighted by Gasteiger charge is -2.33. The number of rotatable bonds is 4. The van der Waals surface area contributed by atoms with Gasteiger partial charge in [0, 0.05) is 24.7 Å². The summed E-state index contributed by atoms with van der Waals surface area (Å²) < 4.78 is 47.3. The second-order valence-electron chi connectivity index (χ2n) is 7.66. The zero-order valence-corrected chi connectivity index (χ0v) is 16.6. The first-order chi connectivity index (χ1) is 14.2. The van der Waals surface area contributed by atoms with Gasteiger partial charge in [0.15, 0.2) is 0 Å². The number of nitrogens with zero attached hydrogens (tertiary/aromatic N) is 6. The average molecular weight is 422 g/mol. The van der Waals surface area contributed by atoms with Crippen LogP contribution in [0.15, 0.2) is 23.2 Å². The molecule has 1 aliphatic rings. The number of fused-ring (bicyclic) bond motifs is 1. The number of aryl methyl sites for hydroxylation is 1. The van der Waals surface area contributed by atoms with Gasteiger partial charge in [0.1, 0.15) is 12.7 Å². The summed E-state index contributed by atoms with van der Waals surface area (Å²) in [5.41, 5.74) is -0.384. The molecule has 160 valence electrons. The van der Waals surface area contributed by atoms with E-state index in [4.69, 9.17) is 4.52 Å². The minimum Gasteiger partial charge on any atom is -0.342 e. The van der Waals surface area contributed by atoms with E-state index < -0.39 is 11.7 Å². The smallest absolute Gasteiger partial charge is 0.342 e. The van der Waals surface area contributed by atoms with Crippen molar-refractivity contribution in [3.8, 4) is 0 Å². The molecule has 0 spiro atoms. The molecular formula is C19H21F3N6O2. The van der Waals surface area contributed by atoms with Gasteiger partial charge in [-0.1, -0.05) is 12.1 Å². The first kappa shape index (κ1) is 20.3. The molecule has 0 N–H and O–H groups in total. The van der Waals surface area contributed by atoms with Crippen LogP contribution >= 0.6 is 0 Å². The van der Waals surface area contributed by atoms with E-state index in [-0.39, 0.29) is 34.5 Å². The lowest BCUT2D eigenvalue weighted by Crippen LogP contribution is -2.41. The van der Waals surface area contributed by atoms with Gasteiger partial charge in [-0.15, -0.1) is 0 Å². The van der Waals surface area contributed by atoms with E-state index in [1.165, 1.54) is 13.3 Å². The second kappa shape index (κ2) is 7.69. The molecule has 8 nitrogen and oxygen atoms in total. The molecular weight excluding hydrogens is 401 g/mol. The highest BCUT2D eigenvalue weighted by Gasteiger charge is 2.37. The number of likely N-dealkylation sites (tertiary alicyclic amines) is 1. The van der Waals surface area contributed by atoms with Crippen molar-refractivity contribution in [3.63, 3.8) is 0 Å². The Bertz CT molecular complexity index is 1040. The molecule has 30 heavy (non-hydrogen) atoms. The van der Waals surface area contributed by atoms with Gasteiger partial charge in [0.05, 0.1) is 29.1 Å². The van der Waals surface area contributed by atoms with Crippen LogP contribution in [0, 0.1) is 12.8 Å². The van der Waals surface area contributed by atoms with E-state index in [9.17, 15) is 18.0 Å². The normalized spacial score (nSPS) is 16.9. The van der Waals surface area contributed by atoms with Gasteiger partial charge in [-0.3, -0.25) is 9.48 Å². The molecule has 0 bridgehead atoms. The van der Waals surface area contributed by atoms with Gasteiger partial charge < -0.3 is 9.42 Å². The number of hydrogen-bond donors (Lipinski definition) is 0. The summed E-state index contributed by atoms with van der Waals surface area (Å²) in [6.07, 6.45) is -0.492. The first-order valence-corrected chi connectivity index (χ1v) is 9.69. The maximum atomic E-state index is 13.6. The van der Waals surface area contributed by atoms with Crippen molar-refractivity contribution in [2.24, 2.45) is 5.92 Å². The summed E-state index contributed by atoms with van der Waals surface area (Å²) >= 11 is 0. The fourth-order valence-corrected chi connectivity index (χ4v) is 3.94. The van der Waals surface area contributed by atoms with Crippen LogP contribution in [0.2, 0.25) is 0 Å². The molecule has 1 atom stereocenters. The summed E-state index contributed by atoms with van der Waals surface area (Å²) in [7, 11) is 0. The van der Waals surface area contributed by atoms with Crippen LogP contribution in [-0.4, -0.2) is 48.8 Å². The van der Waals surface area contributed by atoms with Crippen LogP contribution < -0.4 is 0 Å². The number of aromatic nitrogens is 5. The maximum Gasteiger partial charge on any atom is 0.417 e. The van der Waals surface area contributed by atoms with E-state index in [0.29, 0.717) is 38.2 Å². The fourth-order valence-electron chi connectivity index (χ4n) is 3.94. The Hall–Kier alpha value is -2.98. The number of carbonyl (C=O) groups excluding carboxylic acids is 1. The van der Waals surface area contributed by atoms with Gasteiger partial charge in [-0.05, 0) is 25.8 Å². The van der Waals surface area contributed by atoms with Crippen LogP contribution in [0.3, 0.4) is 0 Å². The third-order valence-corrected chi connectivity index (χ3v) is 5.52. The van der Waals surface area contributed by atoms with E-state index in [2.05, 4.69) is 20.2 Å². The Morgan fingerprint density at radius 2 is 2.07 bits per heavy atom. The molecule has 1 saturated heterocycles. The van der Waals surface area contributed by atoms with Crippen molar-refractivity contribution < 1.29 is 22.5 Å². The minimum absolute atomic E-state index is 0.00537.